The van der Waals surface area contributed by atoms with Gasteiger partial charge in [-0.3, -0.25) is 0 Å². The SMILES string of the molecule is CCCCCCCCCc1c[c]c(O)cc1. The van der Waals surface area contributed by atoms with Crippen LogP contribution in [0.5, 0.6) is 5.75 Å². The quantitative estimate of drug-likeness (QED) is 0.639. The molecule has 0 heterocycles. The number of phenols is 1. The lowest BCUT2D eigenvalue weighted by Gasteiger charge is -2.02. The zero-order valence-electron chi connectivity index (χ0n) is 10.3. The molecule has 1 N–H and O–H groups in total. The summed E-state index contributed by atoms with van der Waals surface area (Å²) >= 11 is 0. The standard InChI is InChI=1S/C15H23O/c1-2-3-4-5-6-7-8-9-14-10-12-15(16)13-11-14/h10-12,16H,2-9H2,1H3. The number of phenolic OH excluding ortho intramolecular Hbond substituents is 1. The minimum atomic E-state index is 0.239. The Kier molecular flexibility index (Phi) is 6.71. The highest BCUT2D eigenvalue weighted by Gasteiger charge is 1.95. The highest BCUT2D eigenvalue weighted by atomic mass is 16.3. The summed E-state index contributed by atoms with van der Waals surface area (Å²) in [4.78, 5) is 0. The van der Waals surface area contributed by atoms with Crippen molar-refractivity contribution in [1.82, 2.24) is 0 Å². The Hall–Kier alpha value is -0.980. The number of aryl methyl sites for hydroxylation is 1. The lowest BCUT2D eigenvalue weighted by molar-refractivity contribution is 0.474. The first kappa shape index (κ1) is 13.1. The van der Waals surface area contributed by atoms with Gasteiger partial charge in [0.15, 0.2) is 0 Å². The summed E-state index contributed by atoms with van der Waals surface area (Å²) in [6.07, 6.45) is 10.5. The lowest BCUT2D eigenvalue weighted by Crippen LogP contribution is -1.86. The van der Waals surface area contributed by atoms with E-state index < -0.39 is 0 Å². The van der Waals surface area contributed by atoms with Crippen LogP contribution in [0.1, 0.15) is 57.4 Å². The highest BCUT2D eigenvalue weighted by molar-refractivity contribution is 5.24. The molecule has 1 rings (SSSR count). The molecular formula is C15H23O. The van der Waals surface area contributed by atoms with E-state index in [0.29, 0.717) is 0 Å². The first-order valence-corrected chi connectivity index (χ1v) is 6.52. The Bertz CT molecular complexity index is 263. The van der Waals surface area contributed by atoms with Crippen LogP contribution in [0.4, 0.5) is 0 Å². The van der Waals surface area contributed by atoms with Crippen molar-refractivity contribution in [2.24, 2.45) is 0 Å². The number of benzene rings is 1. The molecule has 1 nitrogen and oxygen atoms in total. The minimum Gasteiger partial charge on any atom is -0.507 e. The number of hydrogen-bond donors (Lipinski definition) is 1. The van der Waals surface area contributed by atoms with E-state index in [0.717, 1.165) is 6.42 Å². The van der Waals surface area contributed by atoms with Gasteiger partial charge in [-0.2, -0.15) is 0 Å². The third kappa shape index (κ3) is 5.79. The topological polar surface area (TPSA) is 20.2 Å². The van der Waals surface area contributed by atoms with Crippen LogP contribution in [0, 0.1) is 6.07 Å². The molecule has 0 spiro atoms. The van der Waals surface area contributed by atoms with Crippen molar-refractivity contribution in [1.29, 1.82) is 0 Å². The molecule has 0 saturated heterocycles. The van der Waals surface area contributed by atoms with E-state index >= 15 is 0 Å². The normalized spacial score (nSPS) is 10.6. The molecule has 1 aromatic rings. The lowest BCUT2D eigenvalue weighted by atomic mass is 10.0. The summed E-state index contributed by atoms with van der Waals surface area (Å²) in [5.74, 6) is 0.239. The van der Waals surface area contributed by atoms with Crippen molar-refractivity contribution >= 4 is 0 Å². The van der Waals surface area contributed by atoms with Gasteiger partial charge in [-0.15, -0.1) is 0 Å². The monoisotopic (exact) mass is 219 g/mol. The van der Waals surface area contributed by atoms with Gasteiger partial charge in [-0.05, 0) is 30.5 Å². The van der Waals surface area contributed by atoms with Crippen LogP contribution in [0.25, 0.3) is 0 Å². The smallest absolute Gasteiger partial charge is 0.123 e. The van der Waals surface area contributed by atoms with Gasteiger partial charge in [0.05, 0.1) is 0 Å². The molecular weight excluding hydrogens is 196 g/mol. The van der Waals surface area contributed by atoms with Crippen LogP contribution >= 0.6 is 0 Å². The molecule has 0 atom stereocenters. The van der Waals surface area contributed by atoms with Gasteiger partial charge in [-0.25, -0.2) is 0 Å². The van der Waals surface area contributed by atoms with E-state index in [1.807, 2.05) is 12.1 Å². The highest BCUT2D eigenvalue weighted by Crippen LogP contribution is 2.13. The van der Waals surface area contributed by atoms with Gasteiger partial charge in [0, 0.05) is 6.07 Å². The molecule has 1 heteroatoms. The molecule has 0 saturated carbocycles. The minimum absolute atomic E-state index is 0.239. The third-order valence-electron chi connectivity index (χ3n) is 2.93. The predicted molar refractivity (Wildman–Crippen MR) is 68.6 cm³/mol. The molecule has 0 aliphatic rings. The second kappa shape index (κ2) is 8.20. The van der Waals surface area contributed by atoms with E-state index in [4.69, 9.17) is 5.11 Å². The van der Waals surface area contributed by atoms with Crippen LogP contribution in [0.15, 0.2) is 18.2 Å². The van der Waals surface area contributed by atoms with Crippen LogP contribution in [-0.2, 0) is 6.42 Å². The molecule has 0 aliphatic heterocycles. The van der Waals surface area contributed by atoms with E-state index in [2.05, 4.69) is 13.0 Å². The van der Waals surface area contributed by atoms with Gasteiger partial charge >= 0.3 is 0 Å². The average molecular weight is 219 g/mol. The summed E-state index contributed by atoms with van der Waals surface area (Å²) in [5.41, 5.74) is 1.28. The van der Waals surface area contributed by atoms with E-state index in [1.165, 1.54) is 50.5 Å². The average Bonchev–Trinajstić information content (AvgIpc) is 2.30. The maximum Gasteiger partial charge on any atom is 0.123 e. The van der Waals surface area contributed by atoms with Gasteiger partial charge in [-0.1, -0.05) is 51.5 Å². The van der Waals surface area contributed by atoms with E-state index in [1.54, 1.807) is 6.07 Å². The van der Waals surface area contributed by atoms with E-state index in [9.17, 15) is 0 Å². The van der Waals surface area contributed by atoms with Crippen molar-refractivity contribution in [2.75, 3.05) is 0 Å². The third-order valence-corrected chi connectivity index (χ3v) is 2.93. The molecule has 0 unspecified atom stereocenters. The molecule has 0 amide bonds. The molecule has 89 valence electrons. The van der Waals surface area contributed by atoms with Gasteiger partial charge < -0.3 is 5.11 Å². The van der Waals surface area contributed by atoms with Gasteiger partial charge in [0.2, 0.25) is 0 Å². The van der Waals surface area contributed by atoms with Crippen LogP contribution in [0.2, 0.25) is 0 Å². The molecule has 1 aromatic carbocycles. The van der Waals surface area contributed by atoms with Crippen LogP contribution < -0.4 is 0 Å². The maximum absolute atomic E-state index is 9.09. The first-order chi connectivity index (χ1) is 7.83. The second-order valence-electron chi connectivity index (χ2n) is 4.45. The summed E-state index contributed by atoms with van der Waals surface area (Å²) in [7, 11) is 0. The summed E-state index contributed by atoms with van der Waals surface area (Å²) < 4.78 is 0. The predicted octanol–water partition coefficient (Wildman–Crippen LogP) is 4.49. The second-order valence-corrected chi connectivity index (χ2v) is 4.45. The Morgan fingerprint density at radius 3 is 2.31 bits per heavy atom. The zero-order chi connectivity index (χ0) is 11.6. The maximum atomic E-state index is 9.09. The number of aromatic hydroxyl groups is 1. The summed E-state index contributed by atoms with van der Waals surface area (Å²) in [6.45, 7) is 2.25. The van der Waals surface area contributed by atoms with Crippen molar-refractivity contribution in [2.45, 2.75) is 58.3 Å². The van der Waals surface area contributed by atoms with E-state index in [-0.39, 0.29) is 5.75 Å². The molecule has 0 aliphatic carbocycles. The Balaban J connectivity index is 2.01. The largest absolute Gasteiger partial charge is 0.507 e. The van der Waals surface area contributed by atoms with Crippen molar-refractivity contribution < 1.29 is 5.11 Å². The number of rotatable bonds is 8. The van der Waals surface area contributed by atoms with Crippen LogP contribution in [0.3, 0.4) is 0 Å². The summed E-state index contributed by atoms with van der Waals surface area (Å²) in [6, 6.07) is 8.43. The Labute approximate surface area is 99.5 Å². The number of hydrogen-bond acceptors (Lipinski definition) is 1. The molecule has 0 fully saturated rings. The van der Waals surface area contributed by atoms with Gasteiger partial charge in [0.1, 0.15) is 5.75 Å². The summed E-state index contributed by atoms with van der Waals surface area (Å²) in [5, 5.41) is 9.09. The Morgan fingerprint density at radius 1 is 1.00 bits per heavy atom. The molecule has 0 bridgehead atoms. The number of unbranched alkanes of at least 4 members (excludes halogenated alkanes) is 6. The first-order valence-electron chi connectivity index (χ1n) is 6.52. The molecule has 0 aromatic heterocycles. The molecule has 1 radical (unpaired) electrons. The van der Waals surface area contributed by atoms with Crippen molar-refractivity contribution in [3.05, 3.63) is 29.8 Å². The van der Waals surface area contributed by atoms with Crippen molar-refractivity contribution in [3.63, 3.8) is 0 Å². The van der Waals surface area contributed by atoms with Crippen LogP contribution in [-0.4, -0.2) is 5.11 Å². The van der Waals surface area contributed by atoms with Crippen molar-refractivity contribution in [3.8, 4) is 5.75 Å². The van der Waals surface area contributed by atoms with Gasteiger partial charge in [0.25, 0.3) is 0 Å². The zero-order valence-corrected chi connectivity index (χ0v) is 10.3. The Morgan fingerprint density at radius 2 is 1.69 bits per heavy atom. The fraction of sp³-hybridized carbons (Fsp3) is 0.600. The fourth-order valence-electron chi connectivity index (χ4n) is 1.89. The fourth-order valence-corrected chi connectivity index (χ4v) is 1.89. The molecule has 16 heavy (non-hydrogen) atoms.